The van der Waals surface area contributed by atoms with E-state index in [1.165, 1.54) is 0 Å². The molecule has 4 rings (SSSR count). The molecule has 1 atom stereocenters. The number of hydrogen-bond donors (Lipinski definition) is 1. The van der Waals surface area contributed by atoms with Crippen molar-refractivity contribution in [3.63, 3.8) is 0 Å². The third-order valence-electron chi connectivity index (χ3n) is 4.23. The number of rotatable bonds is 5. The first kappa shape index (κ1) is 14.9. The van der Waals surface area contributed by atoms with Gasteiger partial charge in [-0.25, -0.2) is 9.67 Å². The number of nitrogens with one attached hydrogen (secondary N) is 1. The highest BCUT2D eigenvalue weighted by atomic mass is 16.5. The lowest BCUT2D eigenvalue weighted by molar-refractivity contribution is 0.297. The molecule has 1 saturated heterocycles. The van der Waals surface area contributed by atoms with Crippen molar-refractivity contribution >= 4 is 10.9 Å². The van der Waals surface area contributed by atoms with Crippen molar-refractivity contribution in [1.29, 1.82) is 0 Å². The Kier molecular flexibility index (Phi) is 4.00. The average molecular weight is 325 g/mol. The minimum atomic E-state index is 0.332. The fourth-order valence-electron chi connectivity index (χ4n) is 2.91. The summed E-state index contributed by atoms with van der Waals surface area (Å²) in [6.45, 7) is 2.31. The van der Waals surface area contributed by atoms with Gasteiger partial charge in [-0.05, 0) is 31.2 Å². The van der Waals surface area contributed by atoms with Crippen molar-refractivity contribution in [1.82, 2.24) is 25.1 Å². The van der Waals surface area contributed by atoms with Crippen molar-refractivity contribution in [2.45, 2.75) is 19.1 Å². The number of benzene rings is 1. The lowest BCUT2D eigenvalue weighted by Gasteiger charge is -2.09. The van der Waals surface area contributed by atoms with Crippen molar-refractivity contribution in [3.05, 3.63) is 42.6 Å². The fourth-order valence-corrected chi connectivity index (χ4v) is 2.91. The molecule has 3 aromatic rings. The third-order valence-corrected chi connectivity index (χ3v) is 4.23. The first-order valence-corrected chi connectivity index (χ1v) is 8.00. The van der Waals surface area contributed by atoms with Crippen LogP contribution in [-0.2, 0) is 6.61 Å². The maximum Gasteiger partial charge on any atom is 0.188 e. The van der Waals surface area contributed by atoms with E-state index in [4.69, 9.17) is 9.47 Å². The van der Waals surface area contributed by atoms with Gasteiger partial charge in [0.15, 0.2) is 5.82 Å². The summed E-state index contributed by atoms with van der Waals surface area (Å²) in [5.41, 5.74) is 0.836. The van der Waals surface area contributed by atoms with Gasteiger partial charge in [-0.2, -0.15) is 5.10 Å². The zero-order chi connectivity index (χ0) is 16.4. The van der Waals surface area contributed by atoms with Crippen LogP contribution in [0.4, 0.5) is 0 Å². The van der Waals surface area contributed by atoms with Gasteiger partial charge in [0.25, 0.3) is 0 Å². The number of hydrogen-bond acceptors (Lipinski definition) is 6. The highest BCUT2D eigenvalue weighted by Gasteiger charge is 2.17. The Labute approximate surface area is 139 Å². The topological polar surface area (TPSA) is 74.1 Å². The molecule has 1 fully saturated rings. The van der Waals surface area contributed by atoms with Crippen LogP contribution in [0.5, 0.6) is 11.5 Å². The summed E-state index contributed by atoms with van der Waals surface area (Å²) in [5, 5.41) is 8.79. The second-order valence-corrected chi connectivity index (χ2v) is 5.77. The van der Waals surface area contributed by atoms with Gasteiger partial charge in [0.1, 0.15) is 24.4 Å². The number of methoxy groups -OCH3 is 1. The fraction of sp³-hybridized carbons (Fsp3) is 0.353. The summed E-state index contributed by atoms with van der Waals surface area (Å²) in [5.74, 6) is 2.22. The third kappa shape index (κ3) is 2.90. The molecule has 0 saturated carbocycles. The summed E-state index contributed by atoms with van der Waals surface area (Å²) < 4.78 is 13.1. The van der Waals surface area contributed by atoms with Crippen molar-refractivity contribution in [3.8, 4) is 11.5 Å². The molecule has 24 heavy (non-hydrogen) atoms. The molecule has 7 heteroatoms. The van der Waals surface area contributed by atoms with E-state index in [-0.39, 0.29) is 0 Å². The molecule has 7 nitrogen and oxygen atoms in total. The van der Waals surface area contributed by atoms with Gasteiger partial charge in [-0.15, -0.1) is 0 Å². The Morgan fingerprint density at radius 3 is 3.08 bits per heavy atom. The highest BCUT2D eigenvalue weighted by Crippen LogP contribution is 2.27. The number of ether oxygens (including phenoxy) is 2. The Hall–Kier alpha value is -2.67. The number of fused-ring (bicyclic) bond motifs is 1. The van der Waals surface area contributed by atoms with E-state index in [1.807, 2.05) is 28.9 Å². The smallest absolute Gasteiger partial charge is 0.188 e. The van der Waals surface area contributed by atoms with Gasteiger partial charge < -0.3 is 14.8 Å². The second kappa shape index (κ2) is 6.45. The molecule has 0 bridgehead atoms. The van der Waals surface area contributed by atoms with Crippen LogP contribution in [0, 0.1) is 0 Å². The molecule has 0 aliphatic carbocycles. The highest BCUT2D eigenvalue weighted by molar-refractivity contribution is 5.85. The zero-order valence-electron chi connectivity index (χ0n) is 13.5. The molecule has 3 heterocycles. The minimum Gasteiger partial charge on any atom is -0.497 e. The SMILES string of the molecule is COc1ccc2c(OCc3ncn([C@H]4CCNC4)n3)ccnc2c1. The van der Waals surface area contributed by atoms with Gasteiger partial charge in [0.2, 0.25) is 0 Å². The van der Waals surface area contributed by atoms with E-state index in [9.17, 15) is 0 Å². The molecular weight excluding hydrogens is 306 g/mol. The van der Waals surface area contributed by atoms with Gasteiger partial charge >= 0.3 is 0 Å². The standard InChI is InChI=1S/C17H19N5O2/c1-23-13-2-3-14-15(8-13)19-7-5-16(14)24-10-17-20-11-22(21-17)12-4-6-18-9-12/h2-3,5,7-8,11-12,18H,4,6,9-10H2,1H3/t12-/m0/s1. The molecule has 2 aromatic heterocycles. The molecule has 1 aliphatic rings. The molecule has 0 spiro atoms. The zero-order valence-corrected chi connectivity index (χ0v) is 13.5. The molecule has 0 amide bonds. The first-order chi connectivity index (χ1) is 11.8. The number of aromatic nitrogens is 4. The quantitative estimate of drug-likeness (QED) is 0.773. The van der Waals surface area contributed by atoms with Crippen LogP contribution in [-0.4, -0.2) is 39.9 Å². The molecule has 0 radical (unpaired) electrons. The van der Waals surface area contributed by atoms with Gasteiger partial charge in [-0.3, -0.25) is 4.98 Å². The van der Waals surface area contributed by atoms with Gasteiger partial charge in [0, 0.05) is 24.2 Å². The molecule has 1 aromatic carbocycles. The van der Waals surface area contributed by atoms with Crippen molar-refractivity contribution in [2.75, 3.05) is 20.2 Å². The van der Waals surface area contributed by atoms with Crippen LogP contribution in [0.3, 0.4) is 0 Å². The normalized spacial score (nSPS) is 17.3. The molecule has 0 unspecified atom stereocenters. The monoisotopic (exact) mass is 325 g/mol. The predicted octanol–water partition coefficient (Wildman–Crippen LogP) is 1.95. The lowest BCUT2D eigenvalue weighted by atomic mass is 10.2. The van der Waals surface area contributed by atoms with Crippen molar-refractivity contribution in [2.24, 2.45) is 0 Å². The Morgan fingerprint density at radius 2 is 2.25 bits per heavy atom. The Bertz CT molecular complexity index is 842. The van der Waals surface area contributed by atoms with E-state index in [0.29, 0.717) is 18.5 Å². The van der Waals surface area contributed by atoms with E-state index >= 15 is 0 Å². The van der Waals surface area contributed by atoms with E-state index in [0.717, 1.165) is 41.9 Å². The maximum absolute atomic E-state index is 5.92. The predicted molar refractivity (Wildman–Crippen MR) is 89.2 cm³/mol. The summed E-state index contributed by atoms with van der Waals surface area (Å²) >= 11 is 0. The average Bonchev–Trinajstić information content (AvgIpc) is 3.30. The molecular formula is C17H19N5O2. The van der Waals surface area contributed by atoms with E-state index in [2.05, 4.69) is 20.4 Å². The summed E-state index contributed by atoms with van der Waals surface area (Å²) in [7, 11) is 1.64. The largest absolute Gasteiger partial charge is 0.497 e. The van der Waals surface area contributed by atoms with Crippen LogP contribution in [0.25, 0.3) is 10.9 Å². The number of nitrogens with zero attached hydrogens (tertiary/aromatic N) is 4. The van der Waals surface area contributed by atoms with Gasteiger partial charge in [0.05, 0.1) is 18.7 Å². The van der Waals surface area contributed by atoms with Crippen molar-refractivity contribution < 1.29 is 9.47 Å². The molecule has 1 N–H and O–H groups in total. The minimum absolute atomic E-state index is 0.332. The molecule has 1 aliphatic heterocycles. The van der Waals surface area contributed by atoms with Crippen LogP contribution < -0.4 is 14.8 Å². The van der Waals surface area contributed by atoms with Crippen LogP contribution in [0.15, 0.2) is 36.8 Å². The summed E-state index contributed by atoms with van der Waals surface area (Å²) in [4.78, 5) is 8.71. The van der Waals surface area contributed by atoms with Crippen LogP contribution in [0.1, 0.15) is 18.3 Å². The Morgan fingerprint density at radius 1 is 1.29 bits per heavy atom. The lowest BCUT2D eigenvalue weighted by Crippen LogP contribution is -2.14. The van der Waals surface area contributed by atoms with E-state index < -0.39 is 0 Å². The molecule has 124 valence electrons. The first-order valence-electron chi connectivity index (χ1n) is 8.00. The summed E-state index contributed by atoms with van der Waals surface area (Å²) in [6, 6.07) is 7.99. The van der Waals surface area contributed by atoms with Gasteiger partial charge in [-0.1, -0.05) is 0 Å². The van der Waals surface area contributed by atoms with Crippen LogP contribution >= 0.6 is 0 Å². The van der Waals surface area contributed by atoms with E-state index in [1.54, 1.807) is 19.6 Å². The number of pyridine rings is 1. The maximum atomic E-state index is 5.92. The second-order valence-electron chi connectivity index (χ2n) is 5.77. The Balaban J connectivity index is 1.50. The van der Waals surface area contributed by atoms with Crippen LogP contribution in [0.2, 0.25) is 0 Å². The summed E-state index contributed by atoms with van der Waals surface area (Å²) in [6.07, 6.45) is 4.60.